The lowest BCUT2D eigenvalue weighted by molar-refractivity contribution is -0.129. The zero-order valence-electron chi connectivity index (χ0n) is 14.9. The molecule has 1 aliphatic heterocycles. The molecular formula is C19H26N2O3. The van der Waals surface area contributed by atoms with Crippen molar-refractivity contribution < 1.29 is 14.7 Å². The summed E-state index contributed by atoms with van der Waals surface area (Å²) in [6.45, 7) is 7.95. The summed E-state index contributed by atoms with van der Waals surface area (Å²) >= 11 is 0. The highest BCUT2D eigenvalue weighted by Crippen LogP contribution is 2.40. The zero-order chi connectivity index (χ0) is 17.9. The second kappa shape index (κ2) is 7.16. The van der Waals surface area contributed by atoms with E-state index in [2.05, 4.69) is 11.9 Å². The van der Waals surface area contributed by atoms with E-state index in [1.54, 1.807) is 44.0 Å². The average Bonchev–Trinajstić information content (AvgIpc) is 2.79. The van der Waals surface area contributed by atoms with Crippen LogP contribution < -0.4 is 0 Å². The number of aromatic nitrogens is 1. The summed E-state index contributed by atoms with van der Waals surface area (Å²) < 4.78 is 0. The van der Waals surface area contributed by atoms with Crippen LogP contribution in [0.15, 0.2) is 35.7 Å². The van der Waals surface area contributed by atoms with Crippen LogP contribution in [0.3, 0.4) is 0 Å². The van der Waals surface area contributed by atoms with Gasteiger partial charge in [-0.1, -0.05) is 46.6 Å². The Morgan fingerprint density at radius 3 is 2.54 bits per heavy atom. The maximum Gasteiger partial charge on any atom is 0.290 e. The molecule has 0 saturated carbocycles. The molecule has 5 nitrogen and oxygen atoms in total. The van der Waals surface area contributed by atoms with Crippen LogP contribution >= 0.6 is 0 Å². The van der Waals surface area contributed by atoms with Gasteiger partial charge in [0.15, 0.2) is 11.5 Å². The van der Waals surface area contributed by atoms with E-state index in [4.69, 9.17) is 0 Å². The molecule has 1 N–H and O–H groups in total. The van der Waals surface area contributed by atoms with Crippen LogP contribution in [0.2, 0.25) is 0 Å². The number of unbranched alkanes of at least 4 members (excludes halogenated alkanes) is 2. The smallest absolute Gasteiger partial charge is 0.290 e. The summed E-state index contributed by atoms with van der Waals surface area (Å²) in [4.78, 5) is 31.3. The Balaban J connectivity index is 2.46. The second-order valence-corrected chi connectivity index (χ2v) is 7.20. The minimum absolute atomic E-state index is 0.169. The molecule has 0 aromatic carbocycles. The van der Waals surface area contributed by atoms with Crippen LogP contribution in [0.5, 0.6) is 0 Å². The number of aliphatic hydroxyl groups is 1. The number of aliphatic hydroxyl groups excluding tert-OH is 1. The van der Waals surface area contributed by atoms with Crippen LogP contribution in [-0.4, -0.2) is 33.2 Å². The molecule has 1 amide bonds. The Bertz CT molecular complexity index is 644. The van der Waals surface area contributed by atoms with Crippen molar-refractivity contribution in [1.29, 1.82) is 0 Å². The Morgan fingerprint density at radius 2 is 2.00 bits per heavy atom. The summed E-state index contributed by atoms with van der Waals surface area (Å²) in [5.74, 6) is -1.13. The molecule has 1 aromatic heterocycles. The highest BCUT2D eigenvalue weighted by molar-refractivity contribution is 6.10. The van der Waals surface area contributed by atoms with Crippen molar-refractivity contribution in [2.24, 2.45) is 5.41 Å². The molecule has 1 unspecified atom stereocenters. The minimum atomic E-state index is -0.684. The van der Waals surface area contributed by atoms with Gasteiger partial charge in [0.25, 0.3) is 5.91 Å². The van der Waals surface area contributed by atoms with E-state index in [1.165, 1.54) is 0 Å². The Hall–Kier alpha value is -2.17. The number of pyridine rings is 1. The fourth-order valence-electron chi connectivity index (χ4n) is 2.90. The Morgan fingerprint density at radius 1 is 1.29 bits per heavy atom. The number of carbonyl (C=O) groups is 2. The lowest BCUT2D eigenvalue weighted by Crippen LogP contribution is -2.34. The first-order valence-corrected chi connectivity index (χ1v) is 8.48. The number of nitrogens with zero attached hydrogens (tertiary/aromatic N) is 2. The lowest BCUT2D eigenvalue weighted by atomic mass is 9.83. The molecule has 5 heteroatoms. The molecule has 24 heavy (non-hydrogen) atoms. The topological polar surface area (TPSA) is 70.5 Å². The van der Waals surface area contributed by atoms with Crippen molar-refractivity contribution in [3.8, 4) is 0 Å². The van der Waals surface area contributed by atoms with Crippen LogP contribution in [-0.2, 0) is 9.59 Å². The number of amides is 1. The van der Waals surface area contributed by atoms with E-state index >= 15 is 0 Å². The first kappa shape index (κ1) is 18.2. The number of carbonyl (C=O) groups excluding carboxylic acids is 2. The largest absolute Gasteiger partial charge is 0.503 e. The van der Waals surface area contributed by atoms with E-state index in [9.17, 15) is 14.7 Å². The summed E-state index contributed by atoms with van der Waals surface area (Å²) in [6, 6.07) is 4.80. The highest BCUT2D eigenvalue weighted by Gasteiger charge is 2.46. The molecule has 0 bridgehead atoms. The number of hydrogen-bond acceptors (Lipinski definition) is 4. The molecule has 2 heterocycles. The maximum atomic E-state index is 12.9. The van der Waals surface area contributed by atoms with Gasteiger partial charge in [-0.25, -0.2) is 0 Å². The van der Waals surface area contributed by atoms with Crippen molar-refractivity contribution in [3.05, 3.63) is 41.4 Å². The summed E-state index contributed by atoms with van der Waals surface area (Å²) in [5.41, 5.74) is 0.0949. The van der Waals surface area contributed by atoms with E-state index in [1.807, 2.05) is 6.07 Å². The van der Waals surface area contributed by atoms with Gasteiger partial charge in [0.05, 0.1) is 11.3 Å². The lowest BCUT2D eigenvalue weighted by Gasteiger charge is -2.28. The van der Waals surface area contributed by atoms with E-state index in [0.29, 0.717) is 12.2 Å². The van der Waals surface area contributed by atoms with Crippen LogP contribution in [0.25, 0.3) is 0 Å². The number of ketones is 1. The molecule has 1 aliphatic rings. The Kier molecular flexibility index (Phi) is 5.42. The van der Waals surface area contributed by atoms with Crippen molar-refractivity contribution >= 4 is 11.7 Å². The third-order valence-electron chi connectivity index (χ3n) is 4.20. The quantitative estimate of drug-likeness (QED) is 0.809. The van der Waals surface area contributed by atoms with Crippen LogP contribution in [0.1, 0.15) is 58.7 Å². The van der Waals surface area contributed by atoms with E-state index in [0.717, 1.165) is 19.3 Å². The summed E-state index contributed by atoms with van der Waals surface area (Å²) in [6.07, 6.45) is 4.49. The number of Topliss-reactive ketones (excluding diaryl/α,β-unsaturated/α-hetero) is 1. The molecule has 0 aliphatic carbocycles. The van der Waals surface area contributed by atoms with Crippen LogP contribution in [0, 0.1) is 5.41 Å². The average molecular weight is 330 g/mol. The van der Waals surface area contributed by atoms with Gasteiger partial charge in [0.1, 0.15) is 6.04 Å². The SMILES string of the molecule is CCCCCN1C(=O)C(O)=C(C(=O)C(C)(C)C)C1c1ccccn1. The monoisotopic (exact) mass is 330 g/mol. The van der Waals surface area contributed by atoms with Gasteiger partial charge >= 0.3 is 0 Å². The normalized spacial score (nSPS) is 18.4. The van der Waals surface area contributed by atoms with Gasteiger partial charge < -0.3 is 10.0 Å². The molecule has 0 spiro atoms. The minimum Gasteiger partial charge on any atom is -0.503 e. The first-order valence-electron chi connectivity index (χ1n) is 8.48. The molecule has 0 fully saturated rings. The summed E-state index contributed by atoms with van der Waals surface area (Å²) in [7, 11) is 0. The summed E-state index contributed by atoms with van der Waals surface area (Å²) in [5, 5.41) is 10.4. The molecule has 1 aromatic rings. The highest BCUT2D eigenvalue weighted by atomic mass is 16.3. The van der Waals surface area contributed by atoms with Gasteiger partial charge in [0, 0.05) is 18.2 Å². The third-order valence-corrected chi connectivity index (χ3v) is 4.20. The molecule has 130 valence electrons. The van der Waals surface area contributed by atoms with Gasteiger partial charge in [-0.2, -0.15) is 0 Å². The van der Waals surface area contributed by atoms with Gasteiger partial charge in [-0.05, 0) is 18.6 Å². The Labute approximate surface area is 143 Å². The van der Waals surface area contributed by atoms with E-state index < -0.39 is 23.1 Å². The number of hydrogen-bond donors (Lipinski definition) is 1. The standard InChI is InChI=1S/C19H26N2O3/c1-5-6-9-12-21-15(13-10-7-8-11-20-13)14(16(22)18(21)24)17(23)19(2,3)4/h7-8,10-11,15,22H,5-6,9,12H2,1-4H3. The third kappa shape index (κ3) is 3.50. The van der Waals surface area contributed by atoms with Gasteiger partial charge in [0.2, 0.25) is 0 Å². The second-order valence-electron chi connectivity index (χ2n) is 7.20. The van der Waals surface area contributed by atoms with Crippen LogP contribution in [0.4, 0.5) is 0 Å². The molecular weight excluding hydrogens is 304 g/mol. The van der Waals surface area contributed by atoms with Crippen molar-refractivity contribution in [2.75, 3.05) is 6.54 Å². The van der Waals surface area contributed by atoms with Crippen molar-refractivity contribution in [3.63, 3.8) is 0 Å². The van der Waals surface area contributed by atoms with Crippen molar-refractivity contribution in [2.45, 2.75) is 53.0 Å². The molecule has 2 rings (SSSR count). The van der Waals surface area contributed by atoms with E-state index in [-0.39, 0.29) is 11.4 Å². The number of rotatable bonds is 6. The predicted octanol–water partition coefficient (Wildman–Crippen LogP) is 3.58. The predicted molar refractivity (Wildman–Crippen MR) is 92.3 cm³/mol. The fourth-order valence-corrected chi connectivity index (χ4v) is 2.90. The molecule has 1 atom stereocenters. The fraction of sp³-hybridized carbons (Fsp3) is 0.526. The zero-order valence-corrected chi connectivity index (χ0v) is 14.9. The van der Waals surface area contributed by atoms with Crippen molar-refractivity contribution in [1.82, 2.24) is 9.88 Å². The first-order chi connectivity index (χ1) is 11.3. The molecule has 0 radical (unpaired) electrons. The molecule has 0 saturated heterocycles. The maximum absolute atomic E-state index is 12.9. The van der Waals surface area contributed by atoms with Gasteiger partial charge in [-0.3, -0.25) is 14.6 Å². The van der Waals surface area contributed by atoms with Gasteiger partial charge in [-0.15, -0.1) is 0 Å².